The molecule has 1 saturated heterocycles. The van der Waals surface area contributed by atoms with E-state index in [0.717, 1.165) is 37.2 Å². The van der Waals surface area contributed by atoms with Gasteiger partial charge in [-0.25, -0.2) is 4.68 Å². The van der Waals surface area contributed by atoms with Gasteiger partial charge in [0.2, 0.25) is 5.95 Å². The van der Waals surface area contributed by atoms with Crippen LogP contribution in [0.2, 0.25) is 0 Å². The number of aromatic nitrogens is 4. The number of hydrogen-bond donors (Lipinski definition) is 1. The Morgan fingerprint density at radius 2 is 1.96 bits per heavy atom. The predicted molar refractivity (Wildman–Crippen MR) is 90.4 cm³/mol. The molecule has 0 atom stereocenters. The third-order valence-electron chi connectivity index (χ3n) is 4.38. The van der Waals surface area contributed by atoms with E-state index < -0.39 is 0 Å². The second-order valence-electron chi connectivity index (χ2n) is 6.18. The van der Waals surface area contributed by atoms with Crippen molar-refractivity contribution in [3.63, 3.8) is 0 Å². The number of nitrogens with zero attached hydrogens (tertiary/aromatic N) is 4. The van der Waals surface area contributed by atoms with Gasteiger partial charge in [0.25, 0.3) is 5.56 Å². The van der Waals surface area contributed by atoms with Crippen LogP contribution in [0.3, 0.4) is 0 Å². The molecular formula is C17H19N5O. The van der Waals surface area contributed by atoms with Crippen molar-refractivity contribution in [1.82, 2.24) is 19.7 Å². The lowest BCUT2D eigenvalue weighted by Gasteiger charge is -2.14. The van der Waals surface area contributed by atoms with Crippen LogP contribution in [-0.4, -0.2) is 32.8 Å². The van der Waals surface area contributed by atoms with Gasteiger partial charge < -0.3 is 4.90 Å². The van der Waals surface area contributed by atoms with E-state index >= 15 is 0 Å². The molecule has 1 N–H and O–H groups in total. The molecule has 118 valence electrons. The number of anilines is 1. The summed E-state index contributed by atoms with van der Waals surface area (Å²) in [5.74, 6) is 0.630. The summed E-state index contributed by atoms with van der Waals surface area (Å²) in [4.78, 5) is 21.9. The van der Waals surface area contributed by atoms with Crippen LogP contribution in [0.4, 0.5) is 5.95 Å². The number of rotatable bonds is 2. The van der Waals surface area contributed by atoms with Crippen molar-refractivity contribution < 1.29 is 0 Å². The zero-order valence-electron chi connectivity index (χ0n) is 13.3. The number of fused-ring (bicyclic) bond motifs is 1. The second kappa shape index (κ2) is 5.22. The summed E-state index contributed by atoms with van der Waals surface area (Å²) in [6.45, 7) is 5.98. The van der Waals surface area contributed by atoms with Gasteiger partial charge in [-0.3, -0.25) is 9.78 Å². The summed E-state index contributed by atoms with van der Waals surface area (Å²) >= 11 is 0. The number of hydrogen-bond acceptors (Lipinski definition) is 4. The quantitative estimate of drug-likeness (QED) is 0.789. The molecule has 0 spiro atoms. The fourth-order valence-electron chi connectivity index (χ4n) is 3.17. The molecule has 0 unspecified atom stereocenters. The fourth-order valence-corrected chi connectivity index (χ4v) is 3.17. The van der Waals surface area contributed by atoms with Gasteiger partial charge in [-0.2, -0.15) is 4.98 Å². The fraction of sp³-hybridized carbons (Fsp3) is 0.353. The summed E-state index contributed by atoms with van der Waals surface area (Å²) in [5, 5.41) is 5.05. The number of benzene rings is 1. The van der Waals surface area contributed by atoms with Gasteiger partial charge in [-0.05, 0) is 38.3 Å². The van der Waals surface area contributed by atoms with Crippen LogP contribution in [0.25, 0.3) is 16.7 Å². The van der Waals surface area contributed by atoms with Crippen LogP contribution < -0.4 is 10.5 Å². The third kappa shape index (κ3) is 2.40. The van der Waals surface area contributed by atoms with Gasteiger partial charge in [-0.1, -0.05) is 17.7 Å². The Morgan fingerprint density at radius 1 is 1.17 bits per heavy atom. The molecule has 0 bridgehead atoms. The maximum absolute atomic E-state index is 12.4. The average Bonchev–Trinajstić information content (AvgIpc) is 3.16. The molecule has 0 aliphatic carbocycles. The van der Waals surface area contributed by atoms with E-state index in [4.69, 9.17) is 0 Å². The Hall–Kier alpha value is -2.63. The van der Waals surface area contributed by atoms with Crippen LogP contribution in [-0.2, 0) is 0 Å². The highest BCUT2D eigenvalue weighted by Crippen LogP contribution is 2.19. The zero-order chi connectivity index (χ0) is 16.0. The average molecular weight is 309 g/mol. The van der Waals surface area contributed by atoms with Gasteiger partial charge in [0, 0.05) is 19.3 Å². The first-order valence-corrected chi connectivity index (χ1v) is 7.94. The van der Waals surface area contributed by atoms with E-state index in [1.54, 1.807) is 10.9 Å². The first-order valence-electron chi connectivity index (χ1n) is 7.94. The SMILES string of the molecule is Cc1ccc(-n2cc3c(=O)[nH]c(N4CCCC4)nc3n2)c(C)c1. The normalized spacial score (nSPS) is 14.8. The highest BCUT2D eigenvalue weighted by atomic mass is 16.1. The molecule has 6 heteroatoms. The maximum Gasteiger partial charge on any atom is 0.263 e. The Kier molecular flexibility index (Phi) is 3.18. The molecule has 23 heavy (non-hydrogen) atoms. The van der Waals surface area contributed by atoms with Crippen molar-refractivity contribution in [1.29, 1.82) is 0 Å². The van der Waals surface area contributed by atoms with Crippen molar-refractivity contribution >= 4 is 17.0 Å². The third-order valence-corrected chi connectivity index (χ3v) is 4.38. The molecule has 2 aromatic heterocycles. The summed E-state index contributed by atoms with van der Waals surface area (Å²) in [6, 6.07) is 6.17. The van der Waals surface area contributed by atoms with Gasteiger partial charge in [0.05, 0.1) is 5.69 Å². The Morgan fingerprint density at radius 3 is 2.70 bits per heavy atom. The minimum Gasteiger partial charge on any atom is -0.342 e. The molecule has 3 heterocycles. The van der Waals surface area contributed by atoms with Crippen LogP contribution >= 0.6 is 0 Å². The van der Waals surface area contributed by atoms with Crippen molar-refractivity contribution in [2.24, 2.45) is 0 Å². The second-order valence-corrected chi connectivity index (χ2v) is 6.18. The van der Waals surface area contributed by atoms with Gasteiger partial charge in [-0.15, -0.1) is 5.10 Å². The topological polar surface area (TPSA) is 66.8 Å². The van der Waals surface area contributed by atoms with E-state index in [-0.39, 0.29) is 5.56 Å². The minimum absolute atomic E-state index is 0.132. The largest absolute Gasteiger partial charge is 0.342 e. The first kappa shape index (κ1) is 14.0. The molecule has 1 aliphatic heterocycles. The summed E-state index contributed by atoms with van der Waals surface area (Å²) in [7, 11) is 0. The number of aryl methyl sites for hydroxylation is 2. The lowest BCUT2D eigenvalue weighted by atomic mass is 10.1. The summed E-state index contributed by atoms with van der Waals surface area (Å²) in [5.41, 5.74) is 3.66. The molecule has 1 aromatic carbocycles. The molecule has 1 aliphatic rings. The lowest BCUT2D eigenvalue weighted by Crippen LogP contribution is -2.23. The monoisotopic (exact) mass is 309 g/mol. The standard InChI is InChI=1S/C17H19N5O/c1-11-5-6-14(12(2)9-11)22-10-13-15(20-22)18-17(19-16(13)23)21-7-3-4-8-21/h5-6,9-10H,3-4,7-8H2,1-2H3,(H,18,19,20,23). The lowest BCUT2D eigenvalue weighted by molar-refractivity contribution is 0.870. The summed E-state index contributed by atoms with van der Waals surface area (Å²) < 4.78 is 1.75. The first-order chi connectivity index (χ1) is 11.1. The molecule has 0 amide bonds. The highest BCUT2D eigenvalue weighted by Gasteiger charge is 2.17. The van der Waals surface area contributed by atoms with Gasteiger partial charge in [0.15, 0.2) is 5.65 Å². The van der Waals surface area contributed by atoms with E-state index in [9.17, 15) is 4.79 Å². The van der Waals surface area contributed by atoms with Crippen molar-refractivity contribution in [3.05, 3.63) is 45.9 Å². The number of aromatic amines is 1. The Labute approximate surface area is 133 Å². The van der Waals surface area contributed by atoms with E-state index in [1.165, 1.54) is 5.56 Å². The maximum atomic E-state index is 12.4. The van der Waals surface area contributed by atoms with Crippen LogP contribution in [0, 0.1) is 13.8 Å². The minimum atomic E-state index is -0.132. The molecule has 4 rings (SSSR count). The Balaban J connectivity index is 1.84. The zero-order valence-corrected chi connectivity index (χ0v) is 13.3. The van der Waals surface area contributed by atoms with Crippen molar-refractivity contribution in [2.75, 3.05) is 18.0 Å². The predicted octanol–water partition coefficient (Wildman–Crippen LogP) is 2.33. The van der Waals surface area contributed by atoms with Gasteiger partial charge >= 0.3 is 0 Å². The van der Waals surface area contributed by atoms with E-state index in [1.807, 2.05) is 19.1 Å². The molecule has 6 nitrogen and oxygen atoms in total. The van der Waals surface area contributed by atoms with Crippen molar-refractivity contribution in [3.8, 4) is 5.69 Å². The number of H-pyrrole nitrogens is 1. The molecule has 3 aromatic rings. The van der Waals surface area contributed by atoms with Crippen molar-refractivity contribution in [2.45, 2.75) is 26.7 Å². The molecule has 0 radical (unpaired) electrons. The van der Waals surface area contributed by atoms with Crippen LogP contribution in [0.15, 0.2) is 29.2 Å². The highest BCUT2D eigenvalue weighted by molar-refractivity contribution is 5.74. The summed E-state index contributed by atoms with van der Waals surface area (Å²) in [6.07, 6.45) is 4.03. The van der Waals surface area contributed by atoms with E-state index in [2.05, 4.69) is 33.0 Å². The molecular weight excluding hydrogens is 290 g/mol. The van der Waals surface area contributed by atoms with Crippen LogP contribution in [0.1, 0.15) is 24.0 Å². The van der Waals surface area contributed by atoms with E-state index in [0.29, 0.717) is 17.0 Å². The molecule has 0 saturated carbocycles. The molecule has 1 fully saturated rings. The van der Waals surface area contributed by atoms with Gasteiger partial charge in [0.1, 0.15) is 5.39 Å². The van der Waals surface area contributed by atoms with Crippen LogP contribution in [0.5, 0.6) is 0 Å². The Bertz CT molecular complexity index is 934. The number of nitrogens with one attached hydrogen (secondary N) is 1. The smallest absolute Gasteiger partial charge is 0.263 e.